The Labute approximate surface area is 519 Å². The summed E-state index contributed by atoms with van der Waals surface area (Å²) in [5.74, 6) is -2.59. The van der Waals surface area contributed by atoms with E-state index in [1.54, 1.807) is 94.0 Å². The lowest BCUT2D eigenvalue weighted by atomic mass is 9.88. The second-order valence-corrected chi connectivity index (χ2v) is 31.1. The Bertz CT molecular complexity index is 3160. The topological polar surface area (TPSA) is 296 Å². The molecule has 2 aliphatic heterocycles. The van der Waals surface area contributed by atoms with Crippen LogP contribution in [0, 0.1) is 11.8 Å². The highest BCUT2D eigenvalue weighted by Crippen LogP contribution is 2.39. The average Bonchev–Trinajstić information content (AvgIpc) is 3.16. The molecular formula is C65H90N6O15SSi. The lowest BCUT2D eigenvalue weighted by Gasteiger charge is -2.40. The van der Waals surface area contributed by atoms with Gasteiger partial charge in [0.05, 0.1) is 36.5 Å². The lowest BCUT2D eigenvalue weighted by molar-refractivity contribution is -0.158. The number of aliphatic hydroxyl groups is 3. The van der Waals surface area contributed by atoms with Crippen molar-refractivity contribution < 1.29 is 71.1 Å². The fourth-order valence-electron chi connectivity index (χ4n) is 9.17. The van der Waals surface area contributed by atoms with E-state index in [1.807, 2.05) is 69.5 Å². The molecule has 5 heterocycles. The molecule has 2 aliphatic rings. The number of aryl methyl sites for hydroxylation is 1. The molecule has 6 rings (SSSR count). The van der Waals surface area contributed by atoms with Crippen LogP contribution in [-0.4, -0.2) is 146 Å². The summed E-state index contributed by atoms with van der Waals surface area (Å²) in [5, 5.41) is 43.1. The van der Waals surface area contributed by atoms with Gasteiger partial charge in [0.25, 0.3) is 5.16 Å². The highest BCUT2D eigenvalue weighted by molar-refractivity contribution is 7.91. The molecule has 480 valence electrons. The van der Waals surface area contributed by atoms with Crippen LogP contribution in [0.3, 0.4) is 0 Å². The molecule has 0 radical (unpaired) electrons. The van der Waals surface area contributed by atoms with E-state index in [9.17, 15) is 47.7 Å². The van der Waals surface area contributed by atoms with Gasteiger partial charge in [0.2, 0.25) is 9.84 Å². The highest BCUT2D eigenvalue weighted by atomic mass is 32.2. The zero-order valence-corrected chi connectivity index (χ0v) is 54.8. The van der Waals surface area contributed by atoms with Crippen molar-refractivity contribution in [3.05, 3.63) is 150 Å². The number of ether oxygens (including phenoxy) is 4. The third kappa shape index (κ3) is 24.1. The molecule has 3 aromatic heterocycles. The normalized spacial score (nSPS) is 26.2. The molecule has 0 bridgehead atoms. The number of pyridine rings is 2. The number of hydrogen-bond acceptors (Lipinski definition) is 20. The van der Waals surface area contributed by atoms with E-state index in [-0.39, 0.29) is 59.9 Å². The van der Waals surface area contributed by atoms with Gasteiger partial charge in [-0.15, -0.1) is 0 Å². The number of carbonyl (C=O) groups excluding carboxylic acids is 5. The van der Waals surface area contributed by atoms with Crippen molar-refractivity contribution in [3.63, 3.8) is 0 Å². The van der Waals surface area contributed by atoms with E-state index >= 15 is 0 Å². The number of cyclic esters (lactones) is 2. The number of aldehydes is 1. The number of benzene rings is 1. The van der Waals surface area contributed by atoms with Gasteiger partial charge in [-0.05, 0) is 160 Å². The van der Waals surface area contributed by atoms with Gasteiger partial charge < -0.3 is 38.7 Å². The van der Waals surface area contributed by atoms with Gasteiger partial charge >= 0.3 is 23.9 Å². The second kappa shape index (κ2) is 34.0. The van der Waals surface area contributed by atoms with Crippen molar-refractivity contribution in [1.29, 1.82) is 0 Å². The molecule has 0 fully saturated rings. The average molecular weight is 1260 g/mol. The summed E-state index contributed by atoms with van der Waals surface area (Å²) in [4.78, 5) is 67.8. The molecule has 0 amide bonds. The largest absolute Gasteiger partial charge is 0.457 e. The molecule has 0 aliphatic carbocycles. The minimum Gasteiger partial charge on any atom is -0.457 e. The molecule has 4 aromatic rings. The van der Waals surface area contributed by atoms with E-state index in [0.717, 1.165) is 23.1 Å². The summed E-state index contributed by atoms with van der Waals surface area (Å²) in [6, 6.07) is 16.4. The summed E-state index contributed by atoms with van der Waals surface area (Å²) >= 11 is 0. The minimum absolute atomic E-state index is 0.0299. The van der Waals surface area contributed by atoms with Crippen molar-refractivity contribution in [1.82, 2.24) is 30.2 Å². The zero-order valence-electron chi connectivity index (χ0n) is 53.0. The van der Waals surface area contributed by atoms with E-state index in [1.165, 1.54) is 24.6 Å². The number of aromatic nitrogens is 6. The minimum atomic E-state index is -3.59. The van der Waals surface area contributed by atoms with Gasteiger partial charge in [0.1, 0.15) is 41.9 Å². The molecular weight excluding hydrogens is 1160 g/mol. The standard InChI is InChI=1S/C26H35NO6.C25H42O7Si.C14H13N5O2S/c1-18(8-5-6-9-21-10-7-15-27-17-21)25-19(2)11-12-23(32-20(3)28)26(4,31)14-13-22(29)16-24(30)33-25;1-17-10-11-21(30-19(3)27)25(7,29)14-12-20(32-33(8,9)24(4,5)6)16-22(28)31-23(17)18(2)13-15-26;20-22(21,10-8-12-5-4-9-15-11-12)14-16-17-18-19(14)13-6-2-1-3-7-13/h5-8,10-12,15,17,19,22-23,25,29,31H,9,13-14,16H2,1-4H3;10-11,13,15,17,20-21,23,29H,12,14,16H2,1-9H3;1-7,9,11H,8,10H2/b6-5+,12-11+,18-8+;11-10+,18-13+;/t19-,22+,23-,25+,26+;17-,20+,21-,23-,25+;/m00./s1. The lowest BCUT2D eigenvalue weighted by Crippen LogP contribution is -2.46. The number of nitrogens with zero attached hydrogens (tertiary/aromatic N) is 6. The van der Waals surface area contributed by atoms with Crippen LogP contribution in [0.15, 0.2) is 144 Å². The molecule has 23 heteroatoms. The van der Waals surface area contributed by atoms with E-state index in [2.05, 4.69) is 59.4 Å². The van der Waals surface area contributed by atoms with E-state index in [4.69, 9.17) is 23.4 Å². The van der Waals surface area contributed by atoms with Crippen LogP contribution in [0.4, 0.5) is 0 Å². The Morgan fingerprint density at radius 1 is 0.761 bits per heavy atom. The summed E-state index contributed by atoms with van der Waals surface area (Å²) in [6.45, 7) is 23.7. The van der Waals surface area contributed by atoms with Gasteiger partial charge in [-0.25, -0.2) is 8.42 Å². The number of aliphatic hydroxyl groups excluding tert-OH is 1. The molecule has 1 aromatic carbocycles. The number of allylic oxidation sites excluding steroid dienone is 4. The Hall–Kier alpha value is -7.15. The Balaban J connectivity index is 0.000000288. The first-order chi connectivity index (χ1) is 41.2. The van der Waals surface area contributed by atoms with Crippen LogP contribution in [0.5, 0.6) is 0 Å². The Morgan fingerprint density at radius 3 is 1.80 bits per heavy atom. The highest BCUT2D eigenvalue weighted by Gasteiger charge is 2.42. The molecule has 3 N–H and O–H groups in total. The van der Waals surface area contributed by atoms with Crippen LogP contribution < -0.4 is 0 Å². The van der Waals surface area contributed by atoms with Crippen LogP contribution in [0.25, 0.3) is 5.69 Å². The van der Waals surface area contributed by atoms with E-state index < -0.39 is 89.9 Å². The third-order valence-electron chi connectivity index (χ3n) is 15.4. The van der Waals surface area contributed by atoms with Crippen LogP contribution in [0.2, 0.25) is 18.1 Å². The number of hydrogen-bond donors (Lipinski definition) is 3. The van der Waals surface area contributed by atoms with Crippen LogP contribution in [-0.2, 0) is 70.0 Å². The summed E-state index contributed by atoms with van der Waals surface area (Å²) in [5.41, 5.74) is 1.23. The van der Waals surface area contributed by atoms with Crippen molar-refractivity contribution in [3.8, 4) is 5.69 Å². The maximum atomic E-state index is 12.9. The summed E-state index contributed by atoms with van der Waals surface area (Å²) < 4.78 is 55.0. The molecule has 0 saturated carbocycles. The number of esters is 4. The summed E-state index contributed by atoms with van der Waals surface area (Å²) in [6.07, 6.45) is 18.9. The number of para-hydroxylation sites is 1. The molecule has 0 spiro atoms. The molecule has 0 unspecified atom stereocenters. The number of carbonyl (C=O) groups is 5. The van der Waals surface area contributed by atoms with Gasteiger partial charge in [-0.2, -0.15) is 4.68 Å². The maximum absolute atomic E-state index is 12.9. The SMILES string of the molecule is CC(=O)O[C@H]1/C=C/[C@H](C)[C@@H](/C(C)=C/C=C/Cc2cccnc2)OC(=O)C[C@H](O)CC[C@@]1(C)O.CC(=O)O[C@H]1/C=C/[C@H](C)[C@@H](/C(C)=C/C=O)OC(=O)C[C@H](O[Si](C)(C)C(C)(C)C)CC[C@@]1(C)O.O=S(=O)(CCc1cccnc1)c1nnnn1-c1ccccc1. The number of tetrazole rings is 1. The number of sulfone groups is 1. The smallest absolute Gasteiger partial charge is 0.309 e. The Morgan fingerprint density at radius 2 is 1.28 bits per heavy atom. The van der Waals surface area contributed by atoms with Gasteiger partial charge in [-0.3, -0.25) is 33.9 Å². The fourth-order valence-corrected chi connectivity index (χ4v) is 11.8. The van der Waals surface area contributed by atoms with Crippen molar-refractivity contribution in [2.45, 2.75) is 199 Å². The third-order valence-corrected chi connectivity index (χ3v) is 21.5. The van der Waals surface area contributed by atoms with Crippen molar-refractivity contribution in [2.75, 3.05) is 5.75 Å². The van der Waals surface area contributed by atoms with Gasteiger partial charge in [-0.1, -0.05) is 100 Å². The summed E-state index contributed by atoms with van der Waals surface area (Å²) in [7, 11) is -5.81. The van der Waals surface area contributed by atoms with Gasteiger partial charge in [0, 0.05) is 50.5 Å². The monoisotopic (exact) mass is 1250 g/mol. The Kier molecular flexibility index (Phi) is 28.3. The first kappa shape index (κ1) is 73.3. The number of rotatable bonds is 15. The van der Waals surface area contributed by atoms with Crippen molar-refractivity contribution >= 4 is 48.3 Å². The zero-order chi connectivity index (χ0) is 65.5. The first-order valence-corrected chi connectivity index (χ1v) is 34.0. The molecule has 10 atom stereocenters. The van der Waals surface area contributed by atoms with E-state index in [0.29, 0.717) is 30.4 Å². The van der Waals surface area contributed by atoms with Crippen LogP contribution >= 0.6 is 0 Å². The predicted octanol–water partition coefficient (Wildman–Crippen LogP) is 9.02. The quantitative estimate of drug-likeness (QED) is 0.0190. The molecule has 21 nitrogen and oxygen atoms in total. The van der Waals surface area contributed by atoms with Crippen LogP contribution in [0.1, 0.15) is 126 Å². The predicted molar refractivity (Wildman–Crippen MR) is 334 cm³/mol. The molecule has 0 saturated heterocycles. The molecule has 88 heavy (non-hydrogen) atoms. The van der Waals surface area contributed by atoms with Crippen molar-refractivity contribution in [2.24, 2.45) is 11.8 Å². The first-order valence-electron chi connectivity index (χ1n) is 29.5. The fraction of sp³-hybridized carbons (Fsp3) is 0.508. The maximum Gasteiger partial charge on any atom is 0.309 e. The van der Waals surface area contributed by atoms with Gasteiger partial charge in [0.15, 0.2) is 8.32 Å². The second-order valence-electron chi connectivity index (χ2n) is 24.3.